The number of aliphatic hydroxyl groups excluding tert-OH is 1. The van der Waals surface area contributed by atoms with E-state index in [0.29, 0.717) is 0 Å². The topological polar surface area (TPSA) is 124 Å². The van der Waals surface area contributed by atoms with Gasteiger partial charge < -0.3 is 15.5 Å². The van der Waals surface area contributed by atoms with Gasteiger partial charge in [-0.3, -0.25) is 24.1 Å². The summed E-state index contributed by atoms with van der Waals surface area (Å²) in [4.78, 5) is 45.0. The number of nitrogens with zero attached hydrogens (tertiary/aromatic N) is 1. The van der Waals surface area contributed by atoms with Crippen molar-refractivity contribution in [2.45, 2.75) is 12.5 Å². The van der Waals surface area contributed by atoms with Gasteiger partial charge in [-0.15, -0.1) is 11.8 Å². The molecule has 8 nitrogen and oxygen atoms in total. The first-order chi connectivity index (χ1) is 8.91. The van der Waals surface area contributed by atoms with Crippen LogP contribution >= 0.6 is 11.8 Å². The highest BCUT2D eigenvalue weighted by molar-refractivity contribution is 8.00. The molecule has 1 heterocycles. The molecule has 0 aromatic carbocycles. The van der Waals surface area contributed by atoms with Gasteiger partial charge in [-0.25, -0.2) is 0 Å². The minimum Gasteiger partial charge on any atom is -0.481 e. The molecular formula is C10H14N2O6S. The number of imide groups is 1. The van der Waals surface area contributed by atoms with Crippen molar-refractivity contribution in [3.05, 3.63) is 0 Å². The van der Waals surface area contributed by atoms with Crippen LogP contribution in [0.5, 0.6) is 0 Å². The van der Waals surface area contributed by atoms with Crippen molar-refractivity contribution in [2.24, 2.45) is 0 Å². The second kappa shape index (κ2) is 7.10. The van der Waals surface area contributed by atoms with Crippen molar-refractivity contribution in [1.29, 1.82) is 0 Å². The van der Waals surface area contributed by atoms with Crippen molar-refractivity contribution in [2.75, 3.05) is 24.6 Å². The fourth-order valence-electron chi connectivity index (χ4n) is 1.49. The van der Waals surface area contributed by atoms with Crippen LogP contribution in [0.2, 0.25) is 0 Å². The van der Waals surface area contributed by atoms with E-state index in [4.69, 9.17) is 10.2 Å². The van der Waals surface area contributed by atoms with Crippen LogP contribution in [0.25, 0.3) is 0 Å². The number of nitrogens with one attached hydrogen (secondary N) is 1. The largest absolute Gasteiger partial charge is 0.481 e. The molecule has 1 fully saturated rings. The number of likely N-dealkylation sites (tertiary alicyclic amines) is 1. The minimum absolute atomic E-state index is 0.00316. The van der Waals surface area contributed by atoms with E-state index < -0.39 is 23.9 Å². The fourth-order valence-corrected chi connectivity index (χ4v) is 2.05. The van der Waals surface area contributed by atoms with Gasteiger partial charge >= 0.3 is 5.97 Å². The molecule has 0 aromatic rings. The van der Waals surface area contributed by atoms with E-state index in [0.717, 1.165) is 16.7 Å². The summed E-state index contributed by atoms with van der Waals surface area (Å²) in [5.41, 5.74) is 0. The molecule has 0 aromatic heterocycles. The lowest BCUT2D eigenvalue weighted by Gasteiger charge is -2.14. The Balaban J connectivity index is 2.20. The first-order valence-electron chi connectivity index (χ1n) is 5.50. The molecule has 0 aliphatic carbocycles. The Morgan fingerprint density at radius 1 is 1.37 bits per heavy atom. The van der Waals surface area contributed by atoms with E-state index in [-0.39, 0.29) is 36.9 Å². The molecule has 1 rings (SSSR count). The third kappa shape index (κ3) is 4.87. The van der Waals surface area contributed by atoms with Crippen LogP contribution < -0.4 is 5.32 Å². The highest BCUT2D eigenvalue weighted by atomic mass is 32.2. The van der Waals surface area contributed by atoms with Gasteiger partial charge in [-0.1, -0.05) is 0 Å². The van der Waals surface area contributed by atoms with Crippen LogP contribution in [0.3, 0.4) is 0 Å². The van der Waals surface area contributed by atoms with Gasteiger partial charge in [0.1, 0.15) is 6.10 Å². The number of aliphatic carboxylic acids is 1. The first kappa shape index (κ1) is 15.4. The summed E-state index contributed by atoms with van der Waals surface area (Å²) in [6, 6.07) is 0. The maximum atomic E-state index is 11.3. The van der Waals surface area contributed by atoms with Crippen LogP contribution in [0.4, 0.5) is 0 Å². The van der Waals surface area contributed by atoms with Crippen molar-refractivity contribution >= 4 is 35.5 Å². The Morgan fingerprint density at radius 3 is 2.58 bits per heavy atom. The van der Waals surface area contributed by atoms with Crippen molar-refractivity contribution in [3.63, 3.8) is 0 Å². The number of carbonyl (C=O) groups is 4. The van der Waals surface area contributed by atoms with Crippen LogP contribution in [0.1, 0.15) is 6.42 Å². The number of hydrogen-bond acceptors (Lipinski definition) is 6. The summed E-state index contributed by atoms with van der Waals surface area (Å²) in [6.07, 6.45) is -1.50. The number of aliphatic hydroxyl groups is 1. The number of carboxylic acid groups (broad SMARTS) is 1. The molecule has 0 spiro atoms. The second-order valence-electron chi connectivity index (χ2n) is 3.84. The molecule has 0 unspecified atom stereocenters. The van der Waals surface area contributed by atoms with Gasteiger partial charge in [0, 0.05) is 13.1 Å². The maximum absolute atomic E-state index is 11.3. The molecule has 1 aliphatic heterocycles. The summed E-state index contributed by atoms with van der Waals surface area (Å²) in [6.45, 7) is 0.0841. The molecule has 0 radical (unpaired) electrons. The summed E-state index contributed by atoms with van der Waals surface area (Å²) in [7, 11) is 0. The standard InChI is InChI=1S/C10H14N2O6S/c13-6-3-8(15)12(10(6)18)2-1-11-7(14)4-19-5-9(16)17/h6,13H,1-5H2,(H,11,14)(H,16,17)/t6-/m1/s1. The van der Waals surface area contributed by atoms with E-state index in [1.807, 2.05) is 0 Å². The summed E-state index contributed by atoms with van der Waals surface area (Å²) in [5, 5.41) is 20.0. The Hall–Kier alpha value is -1.61. The van der Waals surface area contributed by atoms with Gasteiger partial charge in [0.05, 0.1) is 17.9 Å². The lowest BCUT2D eigenvalue weighted by atomic mass is 10.3. The SMILES string of the molecule is O=C(O)CSCC(=O)NCCN1C(=O)C[C@@H](O)C1=O. The molecular weight excluding hydrogens is 276 g/mol. The van der Waals surface area contributed by atoms with Crippen LogP contribution in [0, 0.1) is 0 Å². The van der Waals surface area contributed by atoms with Gasteiger partial charge in [-0.2, -0.15) is 0 Å². The molecule has 1 aliphatic rings. The molecule has 0 bridgehead atoms. The average Bonchev–Trinajstić information content (AvgIpc) is 2.55. The van der Waals surface area contributed by atoms with Crippen LogP contribution in [0.15, 0.2) is 0 Å². The van der Waals surface area contributed by atoms with E-state index >= 15 is 0 Å². The third-order valence-corrected chi connectivity index (χ3v) is 3.25. The van der Waals surface area contributed by atoms with Crippen molar-refractivity contribution in [1.82, 2.24) is 10.2 Å². The van der Waals surface area contributed by atoms with Gasteiger partial charge in [0.25, 0.3) is 5.91 Å². The van der Waals surface area contributed by atoms with E-state index in [9.17, 15) is 19.2 Å². The molecule has 9 heteroatoms. The summed E-state index contributed by atoms with van der Waals surface area (Å²) >= 11 is 0.955. The minimum atomic E-state index is -1.28. The van der Waals surface area contributed by atoms with E-state index in [1.165, 1.54) is 0 Å². The zero-order valence-corrected chi connectivity index (χ0v) is 10.8. The molecule has 1 saturated heterocycles. The van der Waals surface area contributed by atoms with Crippen LogP contribution in [-0.4, -0.2) is 69.5 Å². The third-order valence-electron chi connectivity index (χ3n) is 2.34. The highest BCUT2D eigenvalue weighted by Gasteiger charge is 2.36. The molecule has 1 atom stereocenters. The van der Waals surface area contributed by atoms with Gasteiger partial charge in [0.2, 0.25) is 11.8 Å². The number of carboxylic acids is 1. The predicted octanol–water partition coefficient (Wildman–Crippen LogP) is -1.96. The molecule has 3 amide bonds. The monoisotopic (exact) mass is 290 g/mol. The lowest BCUT2D eigenvalue weighted by Crippen LogP contribution is -2.39. The van der Waals surface area contributed by atoms with Gasteiger partial charge in [0.15, 0.2) is 0 Å². The summed E-state index contributed by atoms with van der Waals surface area (Å²) in [5.74, 6) is -2.66. The number of carbonyl (C=O) groups excluding carboxylic acids is 3. The fraction of sp³-hybridized carbons (Fsp3) is 0.600. The van der Waals surface area contributed by atoms with Gasteiger partial charge in [-0.05, 0) is 0 Å². The lowest BCUT2D eigenvalue weighted by molar-refractivity contribution is -0.141. The Labute approximate surface area is 113 Å². The van der Waals surface area contributed by atoms with E-state index in [1.54, 1.807) is 0 Å². The maximum Gasteiger partial charge on any atom is 0.313 e. The Morgan fingerprint density at radius 2 is 2.05 bits per heavy atom. The Kier molecular flexibility index (Phi) is 5.77. The zero-order valence-electron chi connectivity index (χ0n) is 10.00. The average molecular weight is 290 g/mol. The number of thioether (sulfide) groups is 1. The highest BCUT2D eigenvalue weighted by Crippen LogP contribution is 2.11. The first-order valence-corrected chi connectivity index (χ1v) is 6.65. The van der Waals surface area contributed by atoms with Crippen LogP contribution in [-0.2, 0) is 19.2 Å². The predicted molar refractivity (Wildman–Crippen MR) is 65.3 cm³/mol. The summed E-state index contributed by atoms with van der Waals surface area (Å²) < 4.78 is 0. The molecule has 19 heavy (non-hydrogen) atoms. The quantitative estimate of drug-likeness (QED) is 0.465. The molecule has 3 N–H and O–H groups in total. The van der Waals surface area contributed by atoms with Crippen molar-refractivity contribution < 1.29 is 29.4 Å². The number of amides is 3. The molecule has 106 valence electrons. The number of hydrogen-bond donors (Lipinski definition) is 3. The normalized spacial score (nSPS) is 18.8. The zero-order chi connectivity index (χ0) is 14.4. The van der Waals surface area contributed by atoms with E-state index in [2.05, 4.69) is 5.32 Å². The second-order valence-corrected chi connectivity index (χ2v) is 4.83. The number of rotatable bonds is 7. The Bertz CT molecular complexity index is 399. The van der Waals surface area contributed by atoms with Crippen molar-refractivity contribution in [3.8, 4) is 0 Å². The smallest absolute Gasteiger partial charge is 0.313 e. The molecule has 0 saturated carbocycles.